The van der Waals surface area contributed by atoms with Crippen molar-refractivity contribution in [2.75, 3.05) is 39.5 Å². The van der Waals surface area contributed by atoms with Crippen LogP contribution in [0.2, 0.25) is 0 Å². The lowest BCUT2D eigenvalue weighted by atomic mass is 10.0. The molecule has 1 atom stereocenters. The molecule has 1 aliphatic rings. The minimum atomic E-state index is -0.176. The van der Waals surface area contributed by atoms with Crippen molar-refractivity contribution in [1.29, 1.82) is 0 Å². The largest absolute Gasteiger partial charge is 0.381 e. The predicted octanol–water partition coefficient (Wildman–Crippen LogP) is 3.58. The van der Waals surface area contributed by atoms with Gasteiger partial charge in [0.05, 0.1) is 6.04 Å². The molecule has 0 spiro atoms. The number of halogens is 1. The molecular formula is C21H34FN3O2. The summed E-state index contributed by atoms with van der Waals surface area (Å²) in [5.41, 5.74) is 1.57. The molecule has 1 fully saturated rings. The van der Waals surface area contributed by atoms with E-state index in [1.54, 1.807) is 13.0 Å². The third-order valence-electron chi connectivity index (χ3n) is 4.80. The van der Waals surface area contributed by atoms with E-state index in [0.717, 1.165) is 63.8 Å². The van der Waals surface area contributed by atoms with Crippen LogP contribution in [0.5, 0.6) is 0 Å². The molecular weight excluding hydrogens is 345 g/mol. The Balaban J connectivity index is 1.73. The normalized spacial score (nSPS) is 17.0. The van der Waals surface area contributed by atoms with Crippen LogP contribution in [0.4, 0.5) is 4.39 Å². The van der Waals surface area contributed by atoms with Crippen molar-refractivity contribution in [2.45, 2.75) is 46.1 Å². The molecule has 0 amide bonds. The molecule has 152 valence electrons. The van der Waals surface area contributed by atoms with Gasteiger partial charge >= 0.3 is 0 Å². The monoisotopic (exact) mass is 379 g/mol. The molecule has 0 bridgehead atoms. The highest BCUT2D eigenvalue weighted by Gasteiger charge is 2.13. The highest BCUT2D eigenvalue weighted by Crippen LogP contribution is 2.16. The van der Waals surface area contributed by atoms with Crippen LogP contribution in [0, 0.1) is 18.7 Å². The van der Waals surface area contributed by atoms with Crippen molar-refractivity contribution >= 4 is 5.96 Å². The highest BCUT2D eigenvalue weighted by molar-refractivity contribution is 5.80. The van der Waals surface area contributed by atoms with Gasteiger partial charge in [-0.25, -0.2) is 4.39 Å². The van der Waals surface area contributed by atoms with E-state index in [2.05, 4.69) is 15.6 Å². The third-order valence-corrected chi connectivity index (χ3v) is 4.80. The fourth-order valence-corrected chi connectivity index (χ4v) is 3.01. The van der Waals surface area contributed by atoms with Gasteiger partial charge in [-0.05, 0) is 63.1 Å². The summed E-state index contributed by atoms with van der Waals surface area (Å²) in [5.74, 6) is 1.21. The Morgan fingerprint density at radius 3 is 2.85 bits per heavy atom. The van der Waals surface area contributed by atoms with E-state index in [0.29, 0.717) is 18.0 Å². The molecule has 1 saturated heterocycles. The summed E-state index contributed by atoms with van der Waals surface area (Å²) in [5, 5.41) is 6.58. The molecule has 1 heterocycles. The fraction of sp³-hybridized carbons (Fsp3) is 0.667. The molecule has 0 saturated carbocycles. The van der Waals surface area contributed by atoms with Crippen LogP contribution in [0.1, 0.15) is 50.3 Å². The van der Waals surface area contributed by atoms with E-state index in [9.17, 15) is 4.39 Å². The van der Waals surface area contributed by atoms with Crippen LogP contribution in [0.25, 0.3) is 0 Å². The number of hydrogen-bond acceptors (Lipinski definition) is 3. The van der Waals surface area contributed by atoms with Gasteiger partial charge in [0.25, 0.3) is 0 Å². The smallest absolute Gasteiger partial charge is 0.191 e. The van der Waals surface area contributed by atoms with Crippen molar-refractivity contribution in [2.24, 2.45) is 10.9 Å². The average Bonchev–Trinajstić information content (AvgIpc) is 2.67. The first-order valence-electron chi connectivity index (χ1n) is 10.1. The van der Waals surface area contributed by atoms with E-state index in [4.69, 9.17) is 9.47 Å². The van der Waals surface area contributed by atoms with Gasteiger partial charge in [0.1, 0.15) is 5.82 Å². The molecule has 0 aliphatic carbocycles. The molecule has 5 nitrogen and oxygen atoms in total. The van der Waals surface area contributed by atoms with Gasteiger partial charge in [0.2, 0.25) is 0 Å². The number of rotatable bonds is 9. The van der Waals surface area contributed by atoms with Gasteiger partial charge in [0.15, 0.2) is 5.96 Å². The topological polar surface area (TPSA) is 54.9 Å². The average molecular weight is 380 g/mol. The summed E-state index contributed by atoms with van der Waals surface area (Å²) in [4.78, 5) is 4.60. The zero-order valence-corrected chi connectivity index (χ0v) is 16.9. The first-order chi connectivity index (χ1) is 13.1. The number of nitrogens with one attached hydrogen (secondary N) is 2. The van der Waals surface area contributed by atoms with E-state index in [1.165, 1.54) is 0 Å². The molecule has 27 heavy (non-hydrogen) atoms. The Morgan fingerprint density at radius 1 is 1.37 bits per heavy atom. The third kappa shape index (κ3) is 7.85. The van der Waals surface area contributed by atoms with E-state index in [1.807, 2.05) is 26.0 Å². The maximum atomic E-state index is 13.8. The summed E-state index contributed by atoms with van der Waals surface area (Å²) < 4.78 is 24.9. The van der Waals surface area contributed by atoms with Crippen LogP contribution in [0.15, 0.2) is 23.2 Å². The molecule has 2 N–H and O–H groups in total. The number of aliphatic imine (C=N–C) groups is 1. The van der Waals surface area contributed by atoms with Crippen molar-refractivity contribution < 1.29 is 13.9 Å². The number of nitrogens with zero attached hydrogens (tertiary/aromatic N) is 1. The van der Waals surface area contributed by atoms with Gasteiger partial charge < -0.3 is 20.1 Å². The highest BCUT2D eigenvalue weighted by atomic mass is 19.1. The van der Waals surface area contributed by atoms with Crippen molar-refractivity contribution in [1.82, 2.24) is 10.6 Å². The van der Waals surface area contributed by atoms with Gasteiger partial charge in [-0.1, -0.05) is 12.1 Å². The van der Waals surface area contributed by atoms with E-state index < -0.39 is 0 Å². The molecule has 1 unspecified atom stereocenters. The van der Waals surface area contributed by atoms with Gasteiger partial charge in [-0.15, -0.1) is 0 Å². The minimum Gasteiger partial charge on any atom is -0.381 e. The molecule has 1 aliphatic heterocycles. The van der Waals surface area contributed by atoms with Crippen molar-refractivity contribution in [3.05, 3.63) is 35.1 Å². The Hall–Kier alpha value is -1.66. The van der Waals surface area contributed by atoms with Crippen molar-refractivity contribution in [3.8, 4) is 0 Å². The van der Waals surface area contributed by atoms with Crippen molar-refractivity contribution in [3.63, 3.8) is 0 Å². The Kier molecular flexibility index (Phi) is 9.56. The summed E-state index contributed by atoms with van der Waals surface area (Å²) in [6, 6.07) is 5.32. The number of benzene rings is 1. The number of guanidine groups is 1. The molecule has 0 aromatic heterocycles. The second kappa shape index (κ2) is 11.9. The fourth-order valence-electron chi connectivity index (χ4n) is 3.01. The lowest BCUT2D eigenvalue weighted by molar-refractivity contribution is 0.0205. The van der Waals surface area contributed by atoms with Crippen LogP contribution >= 0.6 is 0 Å². The second-order valence-corrected chi connectivity index (χ2v) is 7.12. The minimum absolute atomic E-state index is 0.0253. The van der Waals surface area contributed by atoms with Gasteiger partial charge in [-0.2, -0.15) is 0 Å². The summed E-state index contributed by atoms with van der Waals surface area (Å²) in [6.45, 7) is 10.5. The molecule has 0 radical (unpaired) electrons. The van der Waals surface area contributed by atoms with Crippen LogP contribution in [-0.2, 0) is 9.47 Å². The second-order valence-electron chi connectivity index (χ2n) is 7.12. The number of aryl methyl sites for hydroxylation is 1. The Labute approximate surface area is 162 Å². The molecule has 2 rings (SSSR count). The summed E-state index contributed by atoms with van der Waals surface area (Å²) >= 11 is 0. The zero-order valence-electron chi connectivity index (χ0n) is 16.9. The van der Waals surface area contributed by atoms with Crippen LogP contribution in [0.3, 0.4) is 0 Å². The Morgan fingerprint density at radius 2 is 2.15 bits per heavy atom. The summed E-state index contributed by atoms with van der Waals surface area (Å²) in [7, 11) is 0. The zero-order chi connectivity index (χ0) is 19.5. The lowest BCUT2D eigenvalue weighted by Crippen LogP contribution is -2.38. The standard InChI is InChI=1S/C21H34FN3O2/c1-4-23-21(25-17(3)19-7-6-16(2)20(22)14-19)24-10-5-11-27-15-18-8-12-26-13-9-18/h6-7,14,17-18H,4-5,8-13,15H2,1-3H3,(H2,23,24,25). The van der Waals surface area contributed by atoms with Gasteiger partial charge in [0, 0.05) is 39.5 Å². The molecule has 1 aromatic carbocycles. The maximum Gasteiger partial charge on any atom is 0.191 e. The molecule has 6 heteroatoms. The maximum absolute atomic E-state index is 13.8. The van der Waals surface area contributed by atoms with E-state index in [-0.39, 0.29) is 11.9 Å². The lowest BCUT2D eigenvalue weighted by Gasteiger charge is -2.21. The first kappa shape index (κ1) is 21.6. The number of hydrogen-bond donors (Lipinski definition) is 2. The van der Waals surface area contributed by atoms with Gasteiger partial charge in [-0.3, -0.25) is 4.99 Å². The predicted molar refractivity (Wildman–Crippen MR) is 108 cm³/mol. The number of ether oxygens (including phenoxy) is 2. The molecule has 1 aromatic rings. The SMILES string of the molecule is CCNC(=NCCCOCC1CCOCC1)NC(C)c1ccc(C)c(F)c1. The first-order valence-corrected chi connectivity index (χ1v) is 10.1. The van der Waals surface area contributed by atoms with Crippen LogP contribution in [-0.4, -0.2) is 45.5 Å². The quantitative estimate of drug-likeness (QED) is 0.391. The van der Waals surface area contributed by atoms with Crippen LogP contribution < -0.4 is 10.6 Å². The summed E-state index contributed by atoms with van der Waals surface area (Å²) in [6.07, 6.45) is 3.08. The van der Waals surface area contributed by atoms with E-state index >= 15 is 0 Å². The Bertz CT molecular complexity index is 589.